The predicted molar refractivity (Wildman–Crippen MR) is 89.3 cm³/mol. The van der Waals surface area contributed by atoms with Crippen molar-refractivity contribution in [2.24, 2.45) is 0 Å². The Bertz CT molecular complexity index is 639. The van der Waals surface area contributed by atoms with E-state index in [0.29, 0.717) is 11.6 Å². The Morgan fingerprint density at radius 2 is 1.83 bits per heavy atom. The molecule has 1 saturated carbocycles. The van der Waals surface area contributed by atoms with E-state index in [1.807, 2.05) is 54.6 Å². The van der Waals surface area contributed by atoms with Gasteiger partial charge in [-0.15, -0.1) is 0 Å². The Kier molecular flexibility index (Phi) is 4.93. The van der Waals surface area contributed by atoms with Gasteiger partial charge in [0, 0.05) is 5.69 Å². The Labute approximate surface area is 136 Å². The zero-order chi connectivity index (χ0) is 16.1. The highest BCUT2D eigenvalue weighted by Crippen LogP contribution is 2.34. The van der Waals surface area contributed by atoms with Crippen molar-refractivity contribution >= 4 is 11.8 Å². The summed E-state index contributed by atoms with van der Waals surface area (Å²) in [6.45, 7) is 0.255. The first-order chi connectivity index (χ1) is 11.2. The molecule has 0 spiro atoms. The maximum atomic E-state index is 11.8. The number of carbonyl (C=O) groups is 1. The number of amides is 1. The zero-order valence-electron chi connectivity index (χ0n) is 12.9. The van der Waals surface area contributed by atoms with Crippen LogP contribution >= 0.6 is 0 Å². The molecule has 2 aromatic carbocycles. The van der Waals surface area contributed by atoms with Crippen molar-refractivity contribution in [1.82, 2.24) is 0 Å². The molecule has 1 fully saturated rings. The molecule has 0 aromatic heterocycles. The number of nitrogens with one attached hydrogen (secondary N) is 1. The van der Waals surface area contributed by atoms with Crippen LogP contribution in [0.3, 0.4) is 0 Å². The van der Waals surface area contributed by atoms with Crippen LogP contribution in [0.4, 0.5) is 10.5 Å². The minimum absolute atomic E-state index is 0.175. The topological polar surface area (TPSA) is 58.6 Å². The van der Waals surface area contributed by atoms with E-state index in [4.69, 9.17) is 4.74 Å². The molecular formula is C19H21NO3. The molecule has 1 unspecified atom stereocenters. The van der Waals surface area contributed by atoms with E-state index in [2.05, 4.69) is 5.32 Å². The van der Waals surface area contributed by atoms with Gasteiger partial charge in [0.15, 0.2) is 0 Å². The first-order valence-corrected chi connectivity index (χ1v) is 7.96. The van der Waals surface area contributed by atoms with Gasteiger partial charge < -0.3 is 9.84 Å². The molecule has 0 radical (unpaired) electrons. The molecule has 4 heteroatoms. The van der Waals surface area contributed by atoms with Crippen LogP contribution in [0.5, 0.6) is 0 Å². The van der Waals surface area contributed by atoms with Crippen LogP contribution in [0.25, 0.3) is 0 Å². The summed E-state index contributed by atoms with van der Waals surface area (Å²) < 4.78 is 5.19. The molecule has 3 rings (SSSR count). The number of carbonyl (C=O) groups excluding carboxylic acids is 1. The number of ether oxygens (including phenoxy) is 1. The Hall–Kier alpha value is -2.33. The van der Waals surface area contributed by atoms with Crippen LogP contribution in [0.2, 0.25) is 0 Å². The lowest BCUT2D eigenvalue weighted by Gasteiger charge is -2.11. The summed E-state index contributed by atoms with van der Waals surface area (Å²) in [6.07, 6.45) is 2.08. The van der Waals surface area contributed by atoms with Crippen LogP contribution in [0.15, 0.2) is 54.6 Å². The van der Waals surface area contributed by atoms with E-state index in [9.17, 15) is 9.90 Å². The van der Waals surface area contributed by atoms with Crippen molar-refractivity contribution in [2.75, 3.05) is 5.32 Å². The second kappa shape index (κ2) is 7.29. The fourth-order valence-corrected chi connectivity index (χ4v) is 2.98. The highest BCUT2D eigenvalue weighted by molar-refractivity contribution is 5.84. The van der Waals surface area contributed by atoms with Crippen LogP contribution in [0, 0.1) is 0 Å². The van der Waals surface area contributed by atoms with E-state index in [1.54, 1.807) is 0 Å². The smallest absolute Gasteiger partial charge is 0.411 e. The van der Waals surface area contributed by atoms with Gasteiger partial charge in [0.2, 0.25) is 0 Å². The van der Waals surface area contributed by atoms with Gasteiger partial charge in [-0.2, -0.15) is 0 Å². The molecule has 120 valence electrons. The van der Waals surface area contributed by atoms with Crippen LogP contribution in [0.1, 0.15) is 36.3 Å². The van der Waals surface area contributed by atoms with Crippen molar-refractivity contribution < 1.29 is 14.6 Å². The molecular weight excluding hydrogens is 290 g/mol. The summed E-state index contributed by atoms with van der Waals surface area (Å²) in [6, 6.07) is 17.4. The normalized spacial score (nSPS) is 20.2. The highest BCUT2D eigenvalue weighted by atomic mass is 16.5. The highest BCUT2D eigenvalue weighted by Gasteiger charge is 2.23. The lowest BCUT2D eigenvalue weighted by molar-refractivity contribution is 0.155. The van der Waals surface area contributed by atoms with Gasteiger partial charge >= 0.3 is 6.09 Å². The number of anilines is 1. The molecule has 0 aliphatic heterocycles. The lowest BCUT2D eigenvalue weighted by Crippen LogP contribution is -2.13. The van der Waals surface area contributed by atoms with Crippen LogP contribution < -0.4 is 5.32 Å². The van der Waals surface area contributed by atoms with E-state index in [-0.39, 0.29) is 12.7 Å². The van der Waals surface area contributed by atoms with Crippen LogP contribution in [-0.2, 0) is 11.3 Å². The summed E-state index contributed by atoms with van der Waals surface area (Å²) in [5.41, 5.74) is 2.88. The van der Waals surface area contributed by atoms with E-state index in [1.165, 1.54) is 5.56 Å². The van der Waals surface area contributed by atoms with Gasteiger partial charge in [0.25, 0.3) is 0 Å². The summed E-state index contributed by atoms with van der Waals surface area (Å²) in [4.78, 5) is 11.8. The monoisotopic (exact) mass is 311 g/mol. The van der Waals surface area contributed by atoms with Gasteiger partial charge in [0.05, 0.1) is 6.10 Å². The number of benzene rings is 2. The summed E-state index contributed by atoms with van der Waals surface area (Å²) >= 11 is 0. The Balaban J connectivity index is 1.50. The standard InChI is InChI=1S/C19H21NO3/c21-18-11-8-16(12-18)15-6-9-17(10-7-15)20-19(22)23-13-14-4-2-1-3-5-14/h1-7,9-10,16,18,21H,8,11-13H2,(H,20,22)/t16-,18?/m0/s1. The summed E-state index contributed by atoms with van der Waals surface area (Å²) in [5.74, 6) is 0.420. The van der Waals surface area contributed by atoms with Crippen molar-refractivity contribution in [3.05, 3.63) is 65.7 Å². The second-order valence-corrected chi connectivity index (χ2v) is 5.97. The first-order valence-electron chi connectivity index (χ1n) is 7.96. The van der Waals surface area contributed by atoms with Gasteiger partial charge in [0.1, 0.15) is 6.61 Å². The predicted octanol–water partition coefficient (Wildman–Crippen LogP) is 4.06. The minimum Gasteiger partial charge on any atom is -0.444 e. The molecule has 2 atom stereocenters. The molecule has 23 heavy (non-hydrogen) atoms. The lowest BCUT2D eigenvalue weighted by atomic mass is 9.97. The van der Waals surface area contributed by atoms with Gasteiger partial charge in [-0.25, -0.2) is 4.79 Å². The molecule has 1 aliphatic rings. The van der Waals surface area contributed by atoms with Crippen molar-refractivity contribution in [3.8, 4) is 0 Å². The van der Waals surface area contributed by atoms with E-state index < -0.39 is 6.09 Å². The zero-order valence-corrected chi connectivity index (χ0v) is 12.9. The third kappa shape index (κ3) is 4.33. The third-order valence-corrected chi connectivity index (χ3v) is 4.25. The average molecular weight is 311 g/mol. The summed E-state index contributed by atoms with van der Waals surface area (Å²) in [5, 5.41) is 12.3. The molecule has 0 bridgehead atoms. The van der Waals surface area contributed by atoms with E-state index >= 15 is 0 Å². The number of aliphatic hydroxyl groups excluding tert-OH is 1. The van der Waals surface area contributed by atoms with E-state index in [0.717, 1.165) is 24.8 Å². The number of hydrogen-bond donors (Lipinski definition) is 2. The molecule has 0 heterocycles. The number of hydrogen-bond acceptors (Lipinski definition) is 3. The summed E-state index contributed by atoms with van der Waals surface area (Å²) in [7, 11) is 0. The number of aliphatic hydroxyl groups is 1. The molecule has 4 nitrogen and oxygen atoms in total. The third-order valence-electron chi connectivity index (χ3n) is 4.25. The molecule has 2 N–H and O–H groups in total. The van der Waals surface area contributed by atoms with Gasteiger partial charge in [-0.1, -0.05) is 42.5 Å². The molecule has 1 amide bonds. The van der Waals surface area contributed by atoms with Gasteiger partial charge in [-0.05, 0) is 48.4 Å². The van der Waals surface area contributed by atoms with Crippen molar-refractivity contribution in [2.45, 2.75) is 37.9 Å². The van der Waals surface area contributed by atoms with Crippen molar-refractivity contribution in [1.29, 1.82) is 0 Å². The quantitative estimate of drug-likeness (QED) is 0.895. The Morgan fingerprint density at radius 3 is 2.48 bits per heavy atom. The maximum absolute atomic E-state index is 11.8. The number of rotatable bonds is 4. The largest absolute Gasteiger partial charge is 0.444 e. The maximum Gasteiger partial charge on any atom is 0.411 e. The van der Waals surface area contributed by atoms with Crippen LogP contribution in [-0.4, -0.2) is 17.3 Å². The second-order valence-electron chi connectivity index (χ2n) is 5.97. The fraction of sp³-hybridized carbons (Fsp3) is 0.316. The Morgan fingerprint density at radius 1 is 1.09 bits per heavy atom. The molecule has 2 aromatic rings. The molecule has 1 aliphatic carbocycles. The first kappa shape index (κ1) is 15.6. The average Bonchev–Trinajstić information content (AvgIpc) is 3.01. The minimum atomic E-state index is -0.460. The SMILES string of the molecule is O=C(Nc1ccc([C@H]2CCC(O)C2)cc1)OCc1ccccc1. The fourth-order valence-electron chi connectivity index (χ4n) is 2.98. The molecule has 0 saturated heterocycles. The van der Waals surface area contributed by atoms with Gasteiger partial charge in [-0.3, -0.25) is 5.32 Å². The van der Waals surface area contributed by atoms with Crippen molar-refractivity contribution in [3.63, 3.8) is 0 Å².